The van der Waals surface area contributed by atoms with Gasteiger partial charge in [-0.15, -0.1) is 0 Å². The van der Waals surface area contributed by atoms with Gasteiger partial charge in [-0.3, -0.25) is 9.59 Å². The second-order valence-corrected chi connectivity index (χ2v) is 6.85. The van der Waals surface area contributed by atoms with Gasteiger partial charge in [0.2, 0.25) is 11.8 Å². The highest BCUT2D eigenvalue weighted by Gasteiger charge is 2.19. The zero-order chi connectivity index (χ0) is 20.2. The van der Waals surface area contributed by atoms with Crippen molar-refractivity contribution in [3.63, 3.8) is 0 Å². The first-order chi connectivity index (χ1) is 13.6. The van der Waals surface area contributed by atoms with Crippen molar-refractivity contribution in [3.8, 4) is 0 Å². The van der Waals surface area contributed by atoms with Crippen LogP contribution in [0.1, 0.15) is 38.7 Å². The van der Waals surface area contributed by atoms with Crippen LogP contribution in [-0.4, -0.2) is 66.8 Å². The summed E-state index contributed by atoms with van der Waals surface area (Å²) in [5.74, 6) is 0.898. The van der Waals surface area contributed by atoms with Gasteiger partial charge in [0, 0.05) is 45.7 Å². The summed E-state index contributed by atoms with van der Waals surface area (Å²) in [5, 5.41) is 6.42. The highest BCUT2D eigenvalue weighted by Crippen LogP contribution is 2.09. The molecule has 1 aliphatic heterocycles. The average molecular weight is 388 g/mol. The van der Waals surface area contributed by atoms with Crippen LogP contribution in [0.2, 0.25) is 0 Å². The van der Waals surface area contributed by atoms with Gasteiger partial charge in [-0.2, -0.15) is 0 Å². The van der Waals surface area contributed by atoms with Crippen molar-refractivity contribution >= 4 is 17.8 Å². The molecule has 2 N–H and O–H groups in total. The molecule has 0 aliphatic carbocycles. The molecule has 1 saturated heterocycles. The molecular weight excluding hydrogens is 354 g/mol. The highest BCUT2D eigenvalue weighted by atomic mass is 16.2. The monoisotopic (exact) mass is 387 g/mol. The number of amides is 2. The fourth-order valence-corrected chi connectivity index (χ4v) is 3.19. The van der Waals surface area contributed by atoms with Crippen LogP contribution >= 0.6 is 0 Å². The summed E-state index contributed by atoms with van der Waals surface area (Å²) in [5.41, 5.74) is 1.11. The Bertz CT molecular complexity index is 647. The van der Waals surface area contributed by atoms with E-state index >= 15 is 0 Å². The summed E-state index contributed by atoms with van der Waals surface area (Å²) >= 11 is 0. The van der Waals surface area contributed by atoms with E-state index < -0.39 is 0 Å². The summed E-state index contributed by atoms with van der Waals surface area (Å²) in [6.07, 6.45) is 2.51. The lowest BCUT2D eigenvalue weighted by atomic mass is 10.2. The zero-order valence-electron chi connectivity index (χ0n) is 17.1. The molecule has 0 aromatic heterocycles. The van der Waals surface area contributed by atoms with E-state index in [-0.39, 0.29) is 18.4 Å². The second-order valence-electron chi connectivity index (χ2n) is 6.85. The number of benzene rings is 1. The van der Waals surface area contributed by atoms with Crippen molar-refractivity contribution in [3.05, 3.63) is 35.9 Å². The number of hydrogen-bond acceptors (Lipinski definition) is 3. The normalized spacial score (nSPS) is 14.3. The highest BCUT2D eigenvalue weighted by molar-refractivity contribution is 5.85. The van der Waals surface area contributed by atoms with E-state index in [0.29, 0.717) is 32.0 Å². The molecule has 0 saturated carbocycles. The summed E-state index contributed by atoms with van der Waals surface area (Å²) in [7, 11) is 0. The van der Waals surface area contributed by atoms with Crippen LogP contribution in [0.4, 0.5) is 0 Å². The fourth-order valence-electron chi connectivity index (χ4n) is 3.19. The number of rotatable bonds is 10. The number of hydrogen-bond donors (Lipinski definition) is 2. The Labute approximate surface area is 168 Å². The Morgan fingerprint density at radius 3 is 2.64 bits per heavy atom. The Balaban J connectivity index is 1.79. The third-order valence-electron chi connectivity index (χ3n) is 4.74. The smallest absolute Gasteiger partial charge is 0.244 e. The second kappa shape index (κ2) is 12.0. The van der Waals surface area contributed by atoms with Gasteiger partial charge in [-0.1, -0.05) is 30.3 Å². The lowest BCUT2D eigenvalue weighted by Gasteiger charge is -2.20. The number of nitrogens with one attached hydrogen (secondary N) is 2. The molecule has 28 heavy (non-hydrogen) atoms. The third kappa shape index (κ3) is 7.21. The Kier molecular flexibility index (Phi) is 9.31. The molecule has 1 aromatic carbocycles. The molecule has 0 bridgehead atoms. The van der Waals surface area contributed by atoms with Crippen molar-refractivity contribution in [2.75, 3.05) is 39.3 Å². The lowest BCUT2D eigenvalue weighted by Crippen LogP contribution is -2.40. The van der Waals surface area contributed by atoms with Gasteiger partial charge in [-0.05, 0) is 32.3 Å². The van der Waals surface area contributed by atoms with Crippen LogP contribution in [0.15, 0.2) is 35.3 Å². The maximum Gasteiger partial charge on any atom is 0.244 e. The summed E-state index contributed by atoms with van der Waals surface area (Å²) in [6.45, 7) is 8.42. The van der Waals surface area contributed by atoms with E-state index in [2.05, 4.69) is 15.6 Å². The molecule has 2 amide bonds. The van der Waals surface area contributed by atoms with Gasteiger partial charge < -0.3 is 20.4 Å². The number of carbonyl (C=O) groups is 2. The number of likely N-dealkylation sites (N-methyl/N-ethyl adjacent to an activating group) is 1. The first-order valence-corrected chi connectivity index (χ1v) is 10.3. The minimum absolute atomic E-state index is 0.00576. The minimum atomic E-state index is 0.00576. The van der Waals surface area contributed by atoms with Crippen LogP contribution in [0.3, 0.4) is 0 Å². The van der Waals surface area contributed by atoms with Gasteiger partial charge in [-0.25, -0.2) is 4.99 Å². The van der Waals surface area contributed by atoms with Gasteiger partial charge in [0.05, 0.1) is 0 Å². The van der Waals surface area contributed by atoms with E-state index in [0.717, 1.165) is 38.0 Å². The average Bonchev–Trinajstić information content (AvgIpc) is 3.12. The molecule has 1 fully saturated rings. The third-order valence-corrected chi connectivity index (χ3v) is 4.74. The minimum Gasteiger partial charge on any atom is -0.357 e. The SMILES string of the molecule is CCNC(=NCC(=O)N(CC)Cc1ccccc1)NCCCN1CCCC1=O. The summed E-state index contributed by atoms with van der Waals surface area (Å²) in [4.78, 5) is 32.3. The Morgan fingerprint density at radius 2 is 2.00 bits per heavy atom. The number of likely N-dealkylation sites (tertiary alicyclic amines) is 1. The largest absolute Gasteiger partial charge is 0.357 e. The number of aliphatic imine (C=N–C) groups is 1. The standard InChI is InChI=1S/C21H33N5O2/c1-3-22-21(23-13-9-15-26-14-8-12-19(26)27)24-16-20(28)25(4-2)17-18-10-6-5-7-11-18/h5-7,10-11H,3-4,8-9,12-17H2,1-2H3,(H2,22,23,24). The fraction of sp³-hybridized carbons (Fsp3) is 0.571. The number of carbonyl (C=O) groups excluding carboxylic acids is 2. The first kappa shape index (κ1) is 21.7. The van der Waals surface area contributed by atoms with E-state index in [1.807, 2.05) is 49.1 Å². The summed E-state index contributed by atoms with van der Waals surface area (Å²) in [6, 6.07) is 9.98. The maximum absolute atomic E-state index is 12.5. The van der Waals surface area contributed by atoms with Gasteiger partial charge in [0.1, 0.15) is 6.54 Å². The summed E-state index contributed by atoms with van der Waals surface area (Å²) < 4.78 is 0. The van der Waals surface area contributed by atoms with E-state index in [4.69, 9.17) is 0 Å². The van der Waals surface area contributed by atoms with Crippen molar-refractivity contribution in [1.82, 2.24) is 20.4 Å². The number of guanidine groups is 1. The predicted molar refractivity (Wildman–Crippen MR) is 112 cm³/mol. The van der Waals surface area contributed by atoms with E-state index in [9.17, 15) is 9.59 Å². The molecule has 154 valence electrons. The van der Waals surface area contributed by atoms with Gasteiger partial charge in [0.25, 0.3) is 0 Å². The molecule has 1 heterocycles. The molecule has 7 heteroatoms. The number of nitrogens with zero attached hydrogens (tertiary/aromatic N) is 3. The topological polar surface area (TPSA) is 77.0 Å². The maximum atomic E-state index is 12.5. The molecule has 0 spiro atoms. The van der Waals surface area contributed by atoms with Crippen LogP contribution in [-0.2, 0) is 16.1 Å². The van der Waals surface area contributed by atoms with Crippen LogP contribution in [0, 0.1) is 0 Å². The van der Waals surface area contributed by atoms with E-state index in [1.165, 1.54) is 0 Å². The van der Waals surface area contributed by atoms with Crippen molar-refractivity contribution in [2.24, 2.45) is 4.99 Å². The van der Waals surface area contributed by atoms with Gasteiger partial charge >= 0.3 is 0 Å². The van der Waals surface area contributed by atoms with Gasteiger partial charge in [0.15, 0.2) is 5.96 Å². The molecule has 0 radical (unpaired) electrons. The van der Waals surface area contributed by atoms with Crippen molar-refractivity contribution in [2.45, 2.75) is 39.7 Å². The van der Waals surface area contributed by atoms with E-state index in [1.54, 1.807) is 4.90 Å². The van der Waals surface area contributed by atoms with Crippen molar-refractivity contribution in [1.29, 1.82) is 0 Å². The molecule has 0 atom stereocenters. The molecule has 7 nitrogen and oxygen atoms in total. The molecule has 1 aliphatic rings. The molecule has 1 aromatic rings. The molecule has 0 unspecified atom stereocenters. The lowest BCUT2D eigenvalue weighted by molar-refractivity contribution is -0.130. The van der Waals surface area contributed by atoms with Crippen LogP contribution < -0.4 is 10.6 Å². The van der Waals surface area contributed by atoms with Crippen LogP contribution in [0.25, 0.3) is 0 Å². The van der Waals surface area contributed by atoms with Crippen molar-refractivity contribution < 1.29 is 9.59 Å². The first-order valence-electron chi connectivity index (χ1n) is 10.3. The molecular formula is C21H33N5O2. The zero-order valence-corrected chi connectivity index (χ0v) is 17.1. The van der Waals surface area contributed by atoms with Crippen LogP contribution in [0.5, 0.6) is 0 Å². The quantitative estimate of drug-likeness (QED) is 0.363. The molecule has 2 rings (SSSR count). The predicted octanol–water partition coefficient (Wildman–Crippen LogP) is 1.60. The Hall–Kier alpha value is -2.57. The Morgan fingerprint density at radius 1 is 1.21 bits per heavy atom.